The van der Waals surface area contributed by atoms with E-state index in [0.29, 0.717) is 6.42 Å². The van der Waals surface area contributed by atoms with Crippen LogP contribution >= 0.6 is 0 Å². The molecule has 0 radical (unpaired) electrons. The quantitative estimate of drug-likeness (QED) is 0.0343. The van der Waals surface area contributed by atoms with Gasteiger partial charge in [0.25, 0.3) is 10.1 Å². The number of nitrogens with one attached hydrogen (secondary N) is 1. The fraction of sp³-hybridized carbons (Fsp3) is 0.964. The molecule has 0 bridgehead atoms. The van der Waals surface area contributed by atoms with Crippen molar-refractivity contribution < 1.29 is 73.4 Å². The van der Waals surface area contributed by atoms with Gasteiger partial charge >= 0.3 is 35.5 Å². The number of hydrogen-bond donors (Lipinski definition) is 4. The van der Waals surface area contributed by atoms with Crippen LogP contribution in [0, 0.1) is 0 Å². The molecule has 238 valence electrons. The standard InChI is InChI=1S/C24H48O5S.C4H11NO4.Na.H/c1-3-4-5-6-7-8-9-10-11-12-13-14-15-16-17-18-19-20-21-24(29-23(2)25)22-30(26,27)28;6-1-3-8-5-9-4-2-7;;/h24H,3-22H2,1-2H3,(H,26,27,28);5-7H,1-4H2;;/q;;+1;-1. The smallest absolute Gasteiger partial charge is 1.00 e. The summed E-state index contributed by atoms with van der Waals surface area (Å²) in [5.41, 5.74) is 2.07. The maximum atomic E-state index is 11.0. The van der Waals surface area contributed by atoms with Crippen molar-refractivity contribution in [2.75, 3.05) is 32.2 Å². The summed E-state index contributed by atoms with van der Waals surface area (Å²) >= 11 is 0. The van der Waals surface area contributed by atoms with Crippen LogP contribution in [0.15, 0.2) is 0 Å². The van der Waals surface area contributed by atoms with Gasteiger partial charge in [0, 0.05) is 6.92 Å². The molecule has 4 N–H and O–H groups in total. The molecule has 0 heterocycles. The van der Waals surface area contributed by atoms with E-state index in [1.807, 2.05) is 0 Å². The van der Waals surface area contributed by atoms with Crippen LogP contribution in [0.3, 0.4) is 0 Å². The Kier molecular flexibility index (Phi) is 39.5. The number of aliphatic hydroxyl groups is 2. The molecule has 0 aliphatic heterocycles. The molecule has 0 saturated heterocycles. The topological polar surface area (TPSA) is 152 Å². The Balaban J connectivity index is -0.000000534. The van der Waals surface area contributed by atoms with Crippen LogP contribution in [0.25, 0.3) is 0 Å². The van der Waals surface area contributed by atoms with E-state index < -0.39 is 27.9 Å². The number of ether oxygens (including phenoxy) is 1. The van der Waals surface area contributed by atoms with Crippen molar-refractivity contribution in [2.24, 2.45) is 0 Å². The second-order valence-corrected chi connectivity index (χ2v) is 11.5. The largest absolute Gasteiger partial charge is 1.00 e. The Morgan fingerprint density at radius 1 is 0.725 bits per heavy atom. The van der Waals surface area contributed by atoms with Crippen LogP contribution < -0.4 is 35.2 Å². The first-order valence-electron chi connectivity index (χ1n) is 15.1. The fourth-order valence-corrected chi connectivity index (χ4v) is 4.84. The SMILES string of the molecule is CCCCCCCCCCCCCCCCCCCCC(CS(=O)(=O)O)OC(C)=O.OCCONOCCO.[H-].[Na+]. The Labute approximate surface area is 268 Å². The minimum Gasteiger partial charge on any atom is -1.00 e. The van der Waals surface area contributed by atoms with Crippen LogP contribution in [-0.2, 0) is 29.3 Å². The molecule has 10 nitrogen and oxygen atoms in total. The second kappa shape index (κ2) is 35.4. The van der Waals surface area contributed by atoms with Crippen LogP contribution in [-0.4, -0.2) is 67.4 Å². The Hall–Kier alpha value is 0.180. The summed E-state index contributed by atoms with van der Waals surface area (Å²) in [6, 6.07) is 0. The number of carbonyl (C=O) groups is 1. The van der Waals surface area contributed by atoms with Crippen LogP contribution in [0.4, 0.5) is 0 Å². The third-order valence-corrected chi connectivity index (χ3v) is 6.91. The minimum atomic E-state index is -4.12. The third-order valence-electron chi connectivity index (χ3n) is 6.11. The summed E-state index contributed by atoms with van der Waals surface area (Å²) in [6.45, 7) is 3.75. The van der Waals surface area contributed by atoms with Gasteiger partial charge in [0.15, 0.2) is 0 Å². The van der Waals surface area contributed by atoms with E-state index in [0.717, 1.165) is 19.3 Å². The Bertz CT molecular complexity index is 613. The van der Waals surface area contributed by atoms with Gasteiger partial charge < -0.3 is 16.4 Å². The molecule has 0 amide bonds. The number of carbonyl (C=O) groups excluding carboxylic acids is 1. The zero-order valence-electron chi connectivity index (χ0n) is 26.7. The van der Waals surface area contributed by atoms with Gasteiger partial charge in [0.1, 0.15) is 11.9 Å². The molecular weight excluding hydrogens is 549 g/mol. The first kappa shape index (κ1) is 44.6. The first-order chi connectivity index (χ1) is 18.8. The number of esters is 1. The van der Waals surface area contributed by atoms with E-state index >= 15 is 0 Å². The number of rotatable bonds is 28. The fourth-order valence-electron chi connectivity index (χ4n) is 4.14. The molecule has 1 unspecified atom stereocenters. The van der Waals surface area contributed by atoms with Crippen LogP contribution in [0.5, 0.6) is 0 Å². The molecule has 0 rings (SSSR count). The minimum absolute atomic E-state index is 0. The molecule has 0 aromatic carbocycles. The number of unbranched alkanes of at least 4 members (excludes halogenated alkanes) is 17. The van der Waals surface area contributed by atoms with E-state index in [-0.39, 0.29) is 57.4 Å². The predicted octanol–water partition coefficient (Wildman–Crippen LogP) is 2.78. The van der Waals surface area contributed by atoms with Gasteiger partial charge in [-0.25, -0.2) is 0 Å². The third kappa shape index (κ3) is 42.6. The Morgan fingerprint density at radius 2 is 1.07 bits per heavy atom. The number of aliphatic hydroxyl groups excluding tert-OH is 2. The van der Waals surface area contributed by atoms with Gasteiger partial charge in [-0.1, -0.05) is 122 Å². The summed E-state index contributed by atoms with van der Waals surface area (Å²) in [4.78, 5) is 19.9. The normalized spacial score (nSPS) is 11.8. The molecule has 0 spiro atoms. The summed E-state index contributed by atoms with van der Waals surface area (Å²) in [5.74, 6) is -1.02. The average Bonchev–Trinajstić information content (AvgIpc) is 2.87. The maximum absolute atomic E-state index is 11.0. The summed E-state index contributed by atoms with van der Waals surface area (Å²) < 4.78 is 35.9. The van der Waals surface area contributed by atoms with Gasteiger partial charge in [-0.15, -0.1) is 0 Å². The molecule has 0 aliphatic carbocycles. The first-order valence-corrected chi connectivity index (χ1v) is 16.7. The van der Waals surface area contributed by atoms with Gasteiger partial charge in [-0.3, -0.25) is 19.0 Å². The van der Waals surface area contributed by atoms with E-state index in [1.54, 1.807) is 0 Å². The van der Waals surface area contributed by atoms with Crippen molar-refractivity contribution in [3.05, 3.63) is 0 Å². The van der Waals surface area contributed by atoms with E-state index in [4.69, 9.17) is 19.5 Å². The molecule has 0 aromatic rings. The number of hydrogen-bond acceptors (Lipinski definition) is 9. The maximum Gasteiger partial charge on any atom is 1.00 e. The molecule has 0 fully saturated rings. The molecule has 0 aromatic heterocycles. The van der Waals surface area contributed by atoms with Crippen molar-refractivity contribution in [3.63, 3.8) is 0 Å². The van der Waals surface area contributed by atoms with Crippen molar-refractivity contribution in [3.8, 4) is 0 Å². The van der Waals surface area contributed by atoms with E-state index in [1.165, 1.54) is 103 Å². The molecule has 0 saturated carbocycles. The van der Waals surface area contributed by atoms with Crippen molar-refractivity contribution in [1.29, 1.82) is 0 Å². The average molecular weight is 610 g/mol. The molecule has 0 aliphatic rings. The zero-order valence-corrected chi connectivity index (χ0v) is 28.6. The van der Waals surface area contributed by atoms with Gasteiger partial charge in [-0.05, 0) is 12.8 Å². The van der Waals surface area contributed by atoms with E-state index in [2.05, 4.69) is 22.2 Å². The zero-order chi connectivity index (χ0) is 29.5. The predicted molar refractivity (Wildman–Crippen MR) is 156 cm³/mol. The summed E-state index contributed by atoms with van der Waals surface area (Å²) in [5, 5.41) is 16.3. The van der Waals surface area contributed by atoms with Crippen molar-refractivity contribution >= 4 is 16.1 Å². The Morgan fingerprint density at radius 3 is 1.38 bits per heavy atom. The summed E-state index contributed by atoms with van der Waals surface area (Å²) in [6.07, 6.45) is 23.1. The molecular formula is C28H60NNaO9S. The van der Waals surface area contributed by atoms with Gasteiger partial charge in [0.05, 0.1) is 26.4 Å². The monoisotopic (exact) mass is 609 g/mol. The van der Waals surface area contributed by atoms with Gasteiger partial charge in [-0.2, -0.15) is 8.42 Å². The van der Waals surface area contributed by atoms with Crippen molar-refractivity contribution in [2.45, 2.75) is 142 Å². The molecule has 40 heavy (non-hydrogen) atoms. The van der Waals surface area contributed by atoms with Crippen molar-refractivity contribution in [1.82, 2.24) is 5.64 Å². The van der Waals surface area contributed by atoms with E-state index in [9.17, 15) is 13.2 Å². The van der Waals surface area contributed by atoms with Crippen LogP contribution in [0.2, 0.25) is 0 Å². The van der Waals surface area contributed by atoms with Gasteiger partial charge in [0.2, 0.25) is 0 Å². The molecule has 1 atom stereocenters. The summed E-state index contributed by atoms with van der Waals surface area (Å²) in [7, 11) is -4.12. The van der Waals surface area contributed by atoms with Crippen LogP contribution in [0.1, 0.15) is 137 Å². The second-order valence-electron chi connectivity index (χ2n) is 10.0. The molecule has 12 heteroatoms.